The van der Waals surface area contributed by atoms with Crippen molar-refractivity contribution in [2.75, 3.05) is 26.7 Å². The maximum Gasteiger partial charge on any atom is 0.270 e. The van der Waals surface area contributed by atoms with Crippen molar-refractivity contribution < 1.29 is 4.79 Å². The number of carbonyl (C=O) groups excluding carboxylic acids is 1. The van der Waals surface area contributed by atoms with Gasteiger partial charge in [-0.3, -0.25) is 9.59 Å². The summed E-state index contributed by atoms with van der Waals surface area (Å²) in [5.41, 5.74) is 0.192. The van der Waals surface area contributed by atoms with Gasteiger partial charge in [-0.15, -0.1) is 0 Å². The van der Waals surface area contributed by atoms with Crippen LogP contribution in [0, 0.1) is 5.92 Å². The number of nitrogens with one attached hydrogen (secondary N) is 2. The highest BCUT2D eigenvalue weighted by molar-refractivity contribution is 5.96. The van der Waals surface area contributed by atoms with Crippen molar-refractivity contribution in [1.82, 2.24) is 15.2 Å². The van der Waals surface area contributed by atoms with Crippen molar-refractivity contribution >= 4 is 16.7 Å². The van der Waals surface area contributed by atoms with Crippen molar-refractivity contribution in [3.8, 4) is 0 Å². The van der Waals surface area contributed by atoms with Crippen LogP contribution in [-0.2, 0) is 0 Å². The minimum atomic E-state index is -0.199. The summed E-state index contributed by atoms with van der Waals surface area (Å²) in [7, 11) is 1.97. The van der Waals surface area contributed by atoms with E-state index >= 15 is 0 Å². The summed E-state index contributed by atoms with van der Waals surface area (Å²) in [6.45, 7) is 2.56. The van der Waals surface area contributed by atoms with Crippen molar-refractivity contribution in [1.29, 1.82) is 0 Å². The lowest BCUT2D eigenvalue weighted by Gasteiger charge is -2.32. The Kier molecular flexibility index (Phi) is 4.76. The van der Waals surface area contributed by atoms with E-state index < -0.39 is 0 Å². The maximum absolute atomic E-state index is 12.7. The highest BCUT2D eigenvalue weighted by atomic mass is 16.2. The summed E-state index contributed by atoms with van der Waals surface area (Å²) in [6, 6.07) is 9.13. The quantitative estimate of drug-likeness (QED) is 0.907. The predicted molar refractivity (Wildman–Crippen MR) is 91.7 cm³/mol. The van der Waals surface area contributed by atoms with Gasteiger partial charge in [0.25, 0.3) is 11.5 Å². The average molecular weight is 313 g/mol. The monoisotopic (exact) mass is 313 g/mol. The van der Waals surface area contributed by atoms with Crippen LogP contribution in [0.15, 0.2) is 35.1 Å². The fourth-order valence-electron chi connectivity index (χ4n) is 3.27. The van der Waals surface area contributed by atoms with Gasteiger partial charge >= 0.3 is 0 Å². The molecule has 0 aliphatic carbocycles. The molecular weight excluding hydrogens is 290 g/mol. The van der Waals surface area contributed by atoms with E-state index in [1.807, 2.05) is 30.1 Å². The Morgan fingerprint density at radius 2 is 2.04 bits per heavy atom. The molecule has 1 aromatic carbocycles. The summed E-state index contributed by atoms with van der Waals surface area (Å²) in [5, 5.41) is 4.61. The van der Waals surface area contributed by atoms with Crippen LogP contribution in [0.1, 0.15) is 29.8 Å². The minimum Gasteiger partial charge on any atom is -0.337 e. The van der Waals surface area contributed by atoms with Crippen molar-refractivity contribution in [2.24, 2.45) is 5.92 Å². The van der Waals surface area contributed by atoms with Gasteiger partial charge in [0, 0.05) is 18.5 Å². The normalized spacial score (nSPS) is 16.0. The molecule has 1 aliphatic rings. The van der Waals surface area contributed by atoms with Crippen LogP contribution in [0.25, 0.3) is 10.8 Å². The van der Waals surface area contributed by atoms with Crippen molar-refractivity contribution in [3.05, 3.63) is 46.4 Å². The fraction of sp³-hybridized carbons (Fsp3) is 0.444. The molecule has 2 heterocycles. The first-order valence-corrected chi connectivity index (χ1v) is 8.25. The number of benzene rings is 1. The third-order valence-electron chi connectivity index (χ3n) is 4.69. The number of nitrogens with zero attached hydrogens (tertiary/aromatic N) is 1. The molecular formula is C18H23N3O2. The lowest BCUT2D eigenvalue weighted by Crippen LogP contribution is -2.39. The highest BCUT2D eigenvalue weighted by Crippen LogP contribution is 2.21. The Morgan fingerprint density at radius 3 is 2.78 bits per heavy atom. The molecule has 1 saturated heterocycles. The second kappa shape index (κ2) is 6.96. The molecule has 1 aliphatic heterocycles. The standard InChI is InChI=1S/C18H23N3O2/c1-19-9-6-13-7-10-21(11-8-13)18(23)16-12-14-4-2-3-5-15(14)17(22)20-16/h2-5,12-13,19H,6-11H2,1H3,(H,20,22). The number of H-pyrrole nitrogens is 1. The van der Waals surface area contributed by atoms with Gasteiger partial charge in [0.1, 0.15) is 5.69 Å². The Bertz CT molecular complexity index is 745. The molecule has 122 valence electrons. The molecule has 1 amide bonds. The van der Waals surface area contributed by atoms with Gasteiger partial charge in [-0.1, -0.05) is 18.2 Å². The number of rotatable bonds is 4. The Labute approximate surface area is 135 Å². The van der Waals surface area contributed by atoms with Gasteiger partial charge in [0.05, 0.1) is 0 Å². The molecule has 0 radical (unpaired) electrons. The minimum absolute atomic E-state index is 0.0695. The fourth-order valence-corrected chi connectivity index (χ4v) is 3.27. The smallest absolute Gasteiger partial charge is 0.270 e. The molecule has 0 saturated carbocycles. The van der Waals surface area contributed by atoms with Crippen LogP contribution >= 0.6 is 0 Å². The van der Waals surface area contributed by atoms with E-state index in [-0.39, 0.29) is 11.5 Å². The largest absolute Gasteiger partial charge is 0.337 e. The van der Waals surface area contributed by atoms with E-state index in [9.17, 15) is 9.59 Å². The van der Waals surface area contributed by atoms with Gasteiger partial charge in [-0.2, -0.15) is 0 Å². The SMILES string of the molecule is CNCCC1CCN(C(=O)c2cc3ccccc3c(=O)[nH]2)CC1. The molecule has 1 aromatic heterocycles. The van der Waals surface area contributed by atoms with E-state index in [1.54, 1.807) is 12.1 Å². The zero-order valence-corrected chi connectivity index (χ0v) is 13.5. The lowest BCUT2D eigenvalue weighted by molar-refractivity contribution is 0.0681. The second-order valence-electron chi connectivity index (χ2n) is 6.23. The maximum atomic E-state index is 12.7. The Morgan fingerprint density at radius 1 is 1.30 bits per heavy atom. The molecule has 3 rings (SSSR count). The number of amides is 1. The zero-order valence-electron chi connectivity index (χ0n) is 13.5. The summed E-state index contributed by atoms with van der Waals surface area (Å²) in [4.78, 5) is 29.4. The highest BCUT2D eigenvalue weighted by Gasteiger charge is 2.24. The first-order chi connectivity index (χ1) is 11.2. The first-order valence-electron chi connectivity index (χ1n) is 8.25. The number of aromatic nitrogens is 1. The lowest BCUT2D eigenvalue weighted by atomic mass is 9.93. The zero-order chi connectivity index (χ0) is 16.2. The van der Waals surface area contributed by atoms with Gasteiger partial charge in [0.15, 0.2) is 0 Å². The molecule has 0 bridgehead atoms. The van der Waals surface area contributed by atoms with Crippen molar-refractivity contribution in [3.63, 3.8) is 0 Å². The predicted octanol–water partition coefficient (Wildman–Crippen LogP) is 1.99. The van der Waals surface area contributed by atoms with Gasteiger partial charge < -0.3 is 15.2 Å². The second-order valence-corrected chi connectivity index (χ2v) is 6.23. The molecule has 5 heteroatoms. The number of piperidine rings is 1. The van der Waals surface area contributed by atoms with Crippen LogP contribution in [0.5, 0.6) is 0 Å². The van der Waals surface area contributed by atoms with E-state index in [4.69, 9.17) is 0 Å². The van der Waals surface area contributed by atoms with Gasteiger partial charge in [-0.05, 0) is 56.3 Å². The number of pyridine rings is 1. The Hall–Kier alpha value is -2.14. The summed E-state index contributed by atoms with van der Waals surface area (Å²) in [5.74, 6) is 0.613. The molecule has 1 fully saturated rings. The number of fused-ring (bicyclic) bond motifs is 1. The third kappa shape index (κ3) is 3.45. The summed E-state index contributed by atoms with van der Waals surface area (Å²) < 4.78 is 0. The summed E-state index contributed by atoms with van der Waals surface area (Å²) >= 11 is 0. The number of carbonyl (C=O) groups is 1. The van der Waals surface area contributed by atoms with E-state index in [0.29, 0.717) is 17.0 Å². The molecule has 0 spiro atoms. The molecule has 0 unspecified atom stereocenters. The van der Waals surface area contributed by atoms with Gasteiger partial charge in [0.2, 0.25) is 0 Å². The molecule has 0 atom stereocenters. The van der Waals surface area contributed by atoms with Crippen molar-refractivity contribution in [2.45, 2.75) is 19.3 Å². The van der Waals surface area contributed by atoms with Crippen LogP contribution in [0.2, 0.25) is 0 Å². The average Bonchev–Trinajstić information content (AvgIpc) is 2.60. The summed E-state index contributed by atoms with van der Waals surface area (Å²) in [6.07, 6.45) is 3.22. The number of hydrogen-bond acceptors (Lipinski definition) is 3. The topological polar surface area (TPSA) is 65.2 Å². The van der Waals surface area contributed by atoms with Crippen LogP contribution in [0.4, 0.5) is 0 Å². The van der Waals surface area contributed by atoms with E-state index in [1.165, 1.54) is 0 Å². The van der Waals surface area contributed by atoms with Crippen LogP contribution in [0.3, 0.4) is 0 Å². The van der Waals surface area contributed by atoms with Crippen LogP contribution < -0.4 is 10.9 Å². The number of aromatic amines is 1. The van der Waals surface area contributed by atoms with Gasteiger partial charge in [-0.25, -0.2) is 0 Å². The van der Waals surface area contributed by atoms with E-state index in [0.717, 1.165) is 44.3 Å². The molecule has 5 nitrogen and oxygen atoms in total. The van der Waals surface area contributed by atoms with Crippen LogP contribution in [-0.4, -0.2) is 42.5 Å². The Balaban J connectivity index is 1.73. The molecule has 23 heavy (non-hydrogen) atoms. The first kappa shape index (κ1) is 15.7. The van der Waals surface area contributed by atoms with E-state index in [2.05, 4.69) is 10.3 Å². The number of likely N-dealkylation sites (tertiary alicyclic amines) is 1. The number of hydrogen-bond donors (Lipinski definition) is 2. The molecule has 2 aromatic rings. The third-order valence-corrected chi connectivity index (χ3v) is 4.69. The molecule has 2 N–H and O–H groups in total.